The third kappa shape index (κ3) is 272. The van der Waals surface area contributed by atoms with E-state index < -0.39 is 11.4 Å². The number of hydrogen-bond donors (Lipinski definition) is 2. The minimum atomic E-state index is -2.61. The second-order valence-corrected chi connectivity index (χ2v) is 0.692. The van der Waals surface area contributed by atoms with Gasteiger partial charge < -0.3 is 0 Å². The Kier molecular flexibility index (Phi) is 7.71. The lowest BCUT2D eigenvalue weighted by Gasteiger charge is -1.59. The van der Waals surface area contributed by atoms with Gasteiger partial charge in [0.25, 0.3) is 11.4 Å². The smallest absolute Gasteiger partial charge is 0.284 e. The van der Waals surface area contributed by atoms with Gasteiger partial charge in [-0.1, -0.05) is 0 Å². The van der Waals surface area contributed by atoms with Gasteiger partial charge >= 0.3 is 0 Å². The molecule has 0 aromatic carbocycles. The molecule has 0 aliphatic rings. The van der Waals surface area contributed by atoms with Gasteiger partial charge in [-0.05, 0) is 0 Å². The minimum absolute atomic E-state index is 0. The SMILES string of the molecule is O=S(O)O.[Si]. The van der Waals surface area contributed by atoms with E-state index in [0.29, 0.717) is 0 Å². The summed E-state index contributed by atoms with van der Waals surface area (Å²) in [7, 11) is 0. The Bertz CT molecular complexity index is 29.9. The van der Waals surface area contributed by atoms with Crippen molar-refractivity contribution in [2.45, 2.75) is 0 Å². The lowest BCUT2D eigenvalue weighted by molar-refractivity contribution is 0.454. The maximum atomic E-state index is 8.67. The highest BCUT2D eigenvalue weighted by molar-refractivity contribution is 7.73. The Morgan fingerprint density at radius 3 is 1.40 bits per heavy atom. The van der Waals surface area contributed by atoms with Crippen molar-refractivity contribution < 1.29 is 13.3 Å². The van der Waals surface area contributed by atoms with E-state index in [4.69, 9.17) is 13.3 Å². The van der Waals surface area contributed by atoms with Gasteiger partial charge in [-0.2, -0.15) is 4.21 Å². The molecule has 3 nitrogen and oxygen atoms in total. The Hall–Kier alpha value is 0.287. The van der Waals surface area contributed by atoms with Gasteiger partial charge in [-0.3, -0.25) is 9.11 Å². The van der Waals surface area contributed by atoms with Gasteiger partial charge in [-0.15, -0.1) is 0 Å². The molecule has 30 valence electrons. The van der Waals surface area contributed by atoms with Crippen molar-refractivity contribution >= 4 is 22.3 Å². The fourth-order valence-corrected chi connectivity index (χ4v) is 0. The van der Waals surface area contributed by atoms with Gasteiger partial charge in [0, 0.05) is 11.0 Å². The summed E-state index contributed by atoms with van der Waals surface area (Å²) in [6.07, 6.45) is 0. The van der Waals surface area contributed by atoms with Crippen LogP contribution in [0.2, 0.25) is 0 Å². The molecule has 5 heavy (non-hydrogen) atoms. The van der Waals surface area contributed by atoms with E-state index in [2.05, 4.69) is 0 Å². The third-order valence-corrected chi connectivity index (χ3v) is 0. The molecule has 0 saturated heterocycles. The van der Waals surface area contributed by atoms with E-state index in [1.165, 1.54) is 0 Å². The van der Waals surface area contributed by atoms with Crippen LogP contribution in [-0.4, -0.2) is 24.3 Å². The molecule has 0 aliphatic carbocycles. The van der Waals surface area contributed by atoms with E-state index in [1.54, 1.807) is 0 Å². The summed E-state index contributed by atoms with van der Waals surface area (Å²) in [6.45, 7) is 0. The summed E-state index contributed by atoms with van der Waals surface area (Å²) in [5.41, 5.74) is 0. The molecule has 0 atom stereocenters. The van der Waals surface area contributed by atoms with Gasteiger partial charge in [-0.25, -0.2) is 0 Å². The van der Waals surface area contributed by atoms with Crippen LogP contribution in [0.25, 0.3) is 0 Å². The van der Waals surface area contributed by atoms with Gasteiger partial charge in [0.2, 0.25) is 0 Å². The van der Waals surface area contributed by atoms with Crippen molar-refractivity contribution in [1.29, 1.82) is 0 Å². The fourth-order valence-electron chi connectivity index (χ4n) is 0. The predicted molar refractivity (Wildman–Crippen MR) is 19.2 cm³/mol. The molecule has 0 aromatic rings. The van der Waals surface area contributed by atoms with Crippen LogP contribution in [0.4, 0.5) is 0 Å². The van der Waals surface area contributed by atoms with Crippen molar-refractivity contribution in [2.75, 3.05) is 0 Å². The molecule has 0 heterocycles. The Morgan fingerprint density at radius 2 is 1.40 bits per heavy atom. The van der Waals surface area contributed by atoms with E-state index in [1.807, 2.05) is 0 Å². The van der Waals surface area contributed by atoms with Crippen LogP contribution < -0.4 is 0 Å². The molecule has 5 heteroatoms. The summed E-state index contributed by atoms with van der Waals surface area (Å²) >= 11 is -2.61. The average Bonchev–Trinajstić information content (AvgIpc) is 0.811. The van der Waals surface area contributed by atoms with Gasteiger partial charge in [0.15, 0.2) is 0 Å². The normalized spacial score (nSPS) is 7.00. The fraction of sp³-hybridized carbons (Fsp3) is 0. The van der Waals surface area contributed by atoms with Crippen molar-refractivity contribution in [2.24, 2.45) is 0 Å². The van der Waals surface area contributed by atoms with Gasteiger partial charge in [0.05, 0.1) is 0 Å². The van der Waals surface area contributed by atoms with Crippen LogP contribution in [0.5, 0.6) is 0 Å². The van der Waals surface area contributed by atoms with Crippen LogP contribution in [0.15, 0.2) is 0 Å². The van der Waals surface area contributed by atoms with Crippen LogP contribution in [0, 0.1) is 0 Å². The monoisotopic (exact) mass is 110 g/mol. The topological polar surface area (TPSA) is 57.5 Å². The standard InChI is InChI=1S/H2O3S.Si/c1-4(2)3;/h(H2,1,2,3);. The summed E-state index contributed by atoms with van der Waals surface area (Å²) in [4.78, 5) is 0. The zero-order valence-electron chi connectivity index (χ0n) is 2.21. The van der Waals surface area contributed by atoms with E-state index in [-0.39, 0.29) is 11.0 Å². The molecule has 0 saturated carbocycles. The maximum Gasteiger partial charge on any atom is 0.299 e. The van der Waals surface area contributed by atoms with Crippen LogP contribution in [0.3, 0.4) is 0 Å². The zero-order chi connectivity index (χ0) is 3.58. The van der Waals surface area contributed by atoms with Crippen LogP contribution in [-0.2, 0) is 11.4 Å². The molecule has 4 radical (unpaired) electrons. The largest absolute Gasteiger partial charge is 0.299 e. The highest BCUT2D eigenvalue weighted by Crippen LogP contribution is 1.44. The van der Waals surface area contributed by atoms with Crippen molar-refractivity contribution in [3.63, 3.8) is 0 Å². The second-order valence-electron chi connectivity index (χ2n) is 0.231. The minimum Gasteiger partial charge on any atom is -0.284 e. The van der Waals surface area contributed by atoms with E-state index in [0.717, 1.165) is 0 Å². The molecule has 0 bridgehead atoms. The molecule has 2 N–H and O–H groups in total. The molecule has 0 rings (SSSR count). The molecular formula is H2O3SSi. The number of hydrogen-bond acceptors (Lipinski definition) is 1. The zero-order valence-corrected chi connectivity index (χ0v) is 4.03. The van der Waals surface area contributed by atoms with Crippen molar-refractivity contribution in [3.8, 4) is 0 Å². The first-order valence-corrected chi connectivity index (χ1v) is 1.60. The van der Waals surface area contributed by atoms with E-state index >= 15 is 0 Å². The second kappa shape index (κ2) is 4.29. The van der Waals surface area contributed by atoms with Gasteiger partial charge in [0.1, 0.15) is 0 Å². The van der Waals surface area contributed by atoms with E-state index in [9.17, 15) is 0 Å². The summed E-state index contributed by atoms with van der Waals surface area (Å²) < 4.78 is 22.8. The highest BCUT2D eigenvalue weighted by atomic mass is 32.2. The molecule has 0 aromatic heterocycles. The Balaban J connectivity index is 0. The van der Waals surface area contributed by atoms with Crippen LogP contribution in [0.1, 0.15) is 0 Å². The average molecular weight is 110 g/mol. The Morgan fingerprint density at radius 1 is 1.40 bits per heavy atom. The molecule has 0 spiro atoms. The Labute approximate surface area is 36.5 Å². The lowest BCUT2D eigenvalue weighted by atomic mass is 15.8. The first-order valence-electron chi connectivity index (χ1n) is 0.532. The predicted octanol–water partition coefficient (Wildman–Crippen LogP) is -0.700. The molecule has 0 unspecified atom stereocenters. The third-order valence-electron chi connectivity index (χ3n) is 0. The lowest BCUT2D eigenvalue weighted by Crippen LogP contribution is -1.74. The molecule has 0 fully saturated rings. The first-order chi connectivity index (χ1) is 1.73. The first kappa shape index (κ1) is 8.99. The quantitative estimate of drug-likeness (QED) is 0.320. The summed E-state index contributed by atoms with van der Waals surface area (Å²) in [5, 5.41) is 0. The maximum absolute atomic E-state index is 8.67. The summed E-state index contributed by atoms with van der Waals surface area (Å²) in [6, 6.07) is 0. The summed E-state index contributed by atoms with van der Waals surface area (Å²) in [5.74, 6) is 0. The highest BCUT2D eigenvalue weighted by Gasteiger charge is 1.62. The van der Waals surface area contributed by atoms with Crippen LogP contribution >= 0.6 is 0 Å². The molecular weight excluding hydrogens is 108 g/mol. The van der Waals surface area contributed by atoms with Crippen molar-refractivity contribution in [1.82, 2.24) is 0 Å². The van der Waals surface area contributed by atoms with Crippen molar-refractivity contribution in [3.05, 3.63) is 0 Å². The molecule has 0 amide bonds. The number of rotatable bonds is 0. The molecule has 0 aliphatic heterocycles.